The number of anilines is 1. The van der Waals surface area contributed by atoms with Crippen LogP contribution in [0.25, 0.3) is 5.69 Å². The summed E-state index contributed by atoms with van der Waals surface area (Å²) in [4.78, 5) is 47.4. The Morgan fingerprint density at radius 3 is 2.16 bits per heavy atom. The molecule has 0 spiro atoms. The maximum absolute atomic E-state index is 12.9. The van der Waals surface area contributed by atoms with E-state index in [0.717, 1.165) is 16.5 Å². The predicted molar refractivity (Wildman–Crippen MR) is 119 cm³/mol. The second-order valence-electron chi connectivity index (χ2n) is 8.04. The lowest BCUT2D eigenvalue weighted by molar-refractivity contribution is -0.131. The molecular formula is C24H23N5O3. The van der Waals surface area contributed by atoms with E-state index in [1.54, 1.807) is 35.4 Å². The summed E-state index contributed by atoms with van der Waals surface area (Å²) in [5, 5.41) is 0. The number of imidazole rings is 1. The van der Waals surface area contributed by atoms with Crippen molar-refractivity contribution >= 4 is 23.7 Å². The van der Waals surface area contributed by atoms with Crippen molar-refractivity contribution in [1.82, 2.24) is 19.4 Å². The number of imide groups is 1. The third kappa shape index (κ3) is 3.43. The molecule has 1 saturated heterocycles. The fourth-order valence-electron chi connectivity index (χ4n) is 4.21. The number of carbonyl (C=O) groups excluding carboxylic acids is 3. The summed E-state index contributed by atoms with van der Waals surface area (Å²) >= 11 is 0. The molecule has 2 aliphatic rings. The van der Waals surface area contributed by atoms with Crippen LogP contribution in [0, 0.1) is 6.92 Å². The van der Waals surface area contributed by atoms with Crippen LogP contribution in [0.15, 0.2) is 60.9 Å². The number of rotatable bonds is 4. The summed E-state index contributed by atoms with van der Waals surface area (Å²) in [5.74, 6) is -0.197. The molecule has 0 saturated carbocycles. The number of hydrogen-bond donors (Lipinski definition) is 0. The van der Waals surface area contributed by atoms with Crippen LogP contribution >= 0.6 is 0 Å². The first-order valence-electron chi connectivity index (χ1n) is 10.6. The largest absolute Gasteiger partial charge is 0.338 e. The van der Waals surface area contributed by atoms with Crippen molar-refractivity contribution in [3.05, 3.63) is 77.6 Å². The Balaban J connectivity index is 1.23. The van der Waals surface area contributed by atoms with Gasteiger partial charge in [-0.2, -0.15) is 0 Å². The molecule has 32 heavy (non-hydrogen) atoms. The van der Waals surface area contributed by atoms with Gasteiger partial charge in [-0.25, -0.2) is 4.98 Å². The van der Waals surface area contributed by atoms with Crippen molar-refractivity contribution in [1.29, 1.82) is 0 Å². The van der Waals surface area contributed by atoms with Crippen LogP contribution in [-0.4, -0.2) is 69.8 Å². The van der Waals surface area contributed by atoms with Gasteiger partial charge < -0.3 is 9.80 Å². The van der Waals surface area contributed by atoms with Gasteiger partial charge in [-0.15, -0.1) is 0 Å². The van der Waals surface area contributed by atoms with Gasteiger partial charge in [0.05, 0.1) is 11.1 Å². The van der Waals surface area contributed by atoms with E-state index in [9.17, 15) is 14.4 Å². The minimum Gasteiger partial charge on any atom is -0.338 e. The fourth-order valence-corrected chi connectivity index (χ4v) is 4.21. The van der Waals surface area contributed by atoms with E-state index < -0.39 is 11.8 Å². The van der Waals surface area contributed by atoms with E-state index in [1.807, 2.05) is 10.8 Å². The number of fused-ring (bicyclic) bond motifs is 1. The number of hydrogen-bond acceptors (Lipinski definition) is 5. The van der Waals surface area contributed by atoms with Gasteiger partial charge in [0.25, 0.3) is 11.8 Å². The zero-order valence-corrected chi connectivity index (χ0v) is 17.8. The lowest BCUT2D eigenvalue weighted by atomic mass is 10.1. The lowest BCUT2D eigenvalue weighted by Crippen LogP contribution is -2.52. The topological polar surface area (TPSA) is 78.8 Å². The minimum absolute atomic E-state index is 0.221. The Bertz CT molecular complexity index is 1160. The van der Waals surface area contributed by atoms with Gasteiger partial charge >= 0.3 is 0 Å². The van der Waals surface area contributed by atoms with Crippen molar-refractivity contribution < 1.29 is 14.4 Å². The molecule has 0 aliphatic carbocycles. The van der Waals surface area contributed by atoms with Crippen molar-refractivity contribution in [2.24, 2.45) is 0 Å². The van der Waals surface area contributed by atoms with Gasteiger partial charge in [-0.3, -0.25) is 23.9 Å². The van der Waals surface area contributed by atoms with Gasteiger partial charge in [0.15, 0.2) is 0 Å². The van der Waals surface area contributed by atoms with E-state index in [1.165, 1.54) is 5.56 Å². The molecule has 0 N–H and O–H groups in total. The normalized spacial score (nSPS) is 16.0. The predicted octanol–water partition coefficient (Wildman–Crippen LogP) is 2.13. The molecule has 0 radical (unpaired) electrons. The zero-order valence-electron chi connectivity index (χ0n) is 17.8. The quantitative estimate of drug-likeness (QED) is 0.594. The van der Waals surface area contributed by atoms with Crippen LogP contribution in [-0.2, 0) is 4.79 Å². The molecule has 3 heterocycles. The molecule has 0 unspecified atom stereocenters. The van der Waals surface area contributed by atoms with Gasteiger partial charge in [0.2, 0.25) is 11.9 Å². The van der Waals surface area contributed by atoms with E-state index in [-0.39, 0.29) is 12.5 Å². The second-order valence-corrected chi connectivity index (χ2v) is 8.04. The Morgan fingerprint density at radius 2 is 1.53 bits per heavy atom. The Labute approximate surface area is 185 Å². The fraction of sp³-hybridized carbons (Fsp3) is 0.250. The van der Waals surface area contributed by atoms with Crippen LogP contribution in [0.5, 0.6) is 0 Å². The Hall–Kier alpha value is -3.94. The Morgan fingerprint density at radius 1 is 0.906 bits per heavy atom. The van der Waals surface area contributed by atoms with Gasteiger partial charge in [-0.05, 0) is 31.2 Å². The number of aryl methyl sites for hydroxylation is 1. The molecule has 2 aromatic carbocycles. The molecule has 3 aromatic rings. The number of benzene rings is 2. The van der Waals surface area contributed by atoms with Crippen molar-refractivity contribution in [2.45, 2.75) is 6.92 Å². The molecule has 162 valence electrons. The summed E-state index contributed by atoms with van der Waals surface area (Å²) in [6.07, 6.45) is 3.70. The summed E-state index contributed by atoms with van der Waals surface area (Å²) < 4.78 is 2.04. The second kappa shape index (κ2) is 7.96. The molecule has 1 aromatic heterocycles. The summed E-state index contributed by atoms with van der Waals surface area (Å²) in [7, 11) is 0. The first kappa shape index (κ1) is 20.0. The third-order valence-corrected chi connectivity index (χ3v) is 6.02. The molecule has 3 amide bonds. The summed E-state index contributed by atoms with van der Waals surface area (Å²) in [6, 6.07) is 14.9. The van der Waals surface area contributed by atoms with Gasteiger partial charge in [0.1, 0.15) is 6.54 Å². The summed E-state index contributed by atoms with van der Waals surface area (Å²) in [5.41, 5.74) is 2.95. The highest BCUT2D eigenvalue weighted by Crippen LogP contribution is 2.23. The highest BCUT2D eigenvalue weighted by atomic mass is 16.2. The number of aromatic nitrogens is 2. The van der Waals surface area contributed by atoms with Crippen molar-refractivity contribution in [3.63, 3.8) is 0 Å². The lowest BCUT2D eigenvalue weighted by Gasteiger charge is -2.36. The number of carbonyl (C=O) groups is 3. The molecular weight excluding hydrogens is 406 g/mol. The molecule has 0 bridgehead atoms. The summed E-state index contributed by atoms with van der Waals surface area (Å²) in [6.45, 7) is 4.07. The van der Waals surface area contributed by atoms with Crippen LogP contribution < -0.4 is 4.90 Å². The van der Waals surface area contributed by atoms with E-state index in [0.29, 0.717) is 37.3 Å². The molecule has 8 heteroatoms. The maximum Gasteiger partial charge on any atom is 0.262 e. The number of piperazine rings is 1. The van der Waals surface area contributed by atoms with Crippen LogP contribution in [0.4, 0.5) is 5.95 Å². The average molecular weight is 429 g/mol. The van der Waals surface area contributed by atoms with Gasteiger partial charge in [-0.1, -0.05) is 29.8 Å². The van der Waals surface area contributed by atoms with Crippen LogP contribution in [0.2, 0.25) is 0 Å². The van der Waals surface area contributed by atoms with Crippen LogP contribution in [0.3, 0.4) is 0 Å². The van der Waals surface area contributed by atoms with Gasteiger partial charge in [0, 0.05) is 44.3 Å². The van der Waals surface area contributed by atoms with E-state index in [4.69, 9.17) is 0 Å². The van der Waals surface area contributed by atoms with Crippen LogP contribution in [0.1, 0.15) is 26.3 Å². The third-order valence-electron chi connectivity index (χ3n) is 6.02. The number of nitrogens with zero attached hydrogens (tertiary/aromatic N) is 5. The average Bonchev–Trinajstić information content (AvgIpc) is 3.40. The SMILES string of the molecule is Cc1ccc(-n2ccnc2N2CCN(C(=O)CN3C(=O)c4ccccc4C3=O)CC2)cc1. The molecule has 0 atom stereocenters. The molecule has 8 nitrogen and oxygen atoms in total. The molecule has 1 fully saturated rings. The van der Waals surface area contributed by atoms with Crippen molar-refractivity contribution in [3.8, 4) is 5.69 Å². The van der Waals surface area contributed by atoms with E-state index >= 15 is 0 Å². The monoisotopic (exact) mass is 429 g/mol. The highest BCUT2D eigenvalue weighted by Gasteiger charge is 2.37. The number of amides is 3. The first-order valence-corrected chi connectivity index (χ1v) is 10.6. The standard InChI is InChI=1S/C24H23N5O3/c1-17-6-8-18(9-7-17)28-11-10-25-24(28)27-14-12-26(13-15-27)21(30)16-29-22(31)19-4-2-3-5-20(19)23(29)32/h2-11H,12-16H2,1H3. The van der Waals surface area contributed by atoms with E-state index in [2.05, 4.69) is 41.1 Å². The first-order chi connectivity index (χ1) is 15.5. The minimum atomic E-state index is -0.405. The van der Waals surface area contributed by atoms with Crippen molar-refractivity contribution in [2.75, 3.05) is 37.6 Å². The zero-order chi connectivity index (χ0) is 22.2. The smallest absolute Gasteiger partial charge is 0.262 e. The Kier molecular flexibility index (Phi) is 4.97. The molecule has 2 aliphatic heterocycles. The molecule has 5 rings (SSSR count). The highest BCUT2D eigenvalue weighted by molar-refractivity contribution is 6.22. The maximum atomic E-state index is 12.9.